The van der Waals surface area contributed by atoms with E-state index in [1.807, 2.05) is 0 Å². The average molecular weight is 259 g/mol. The largest absolute Gasteiger partial charge is 0.260 e. The second kappa shape index (κ2) is 4.74. The Kier molecular flexibility index (Phi) is 3.35. The summed E-state index contributed by atoms with van der Waals surface area (Å²) in [6.07, 6.45) is 4.84. The number of hydrogen-bond acceptors (Lipinski definition) is 5. The summed E-state index contributed by atoms with van der Waals surface area (Å²) < 4.78 is 0. The Morgan fingerprint density at radius 2 is 2.00 bits per heavy atom. The smallest absolute Gasteiger partial charge is 0.165 e. The Bertz CT molecular complexity index is 465. The molecular weight excluding hydrogens is 255 g/mol. The molecule has 2 aromatic rings. The molecule has 2 heterocycles. The first kappa shape index (κ1) is 10.6. The van der Waals surface area contributed by atoms with Gasteiger partial charge in [-0.25, -0.2) is 4.98 Å². The van der Waals surface area contributed by atoms with Crippen molar-refractivity contribution in [3.8, 4) is 0 Å². The fourth-order valence-electron chi connectivity index (χ4n) is 0.860. The molecule has 0 aliphatic carbocycles. The van der Waals surface area contributed by atoms with E-state index < -0.39 is 0 Å². The van der Waals surface area contributed by atoms with Crippen LogP contribution < -0.4 is 0 Å². The highest BCUT2D eigenvalue weighted by Gasteiger charge is 2.06. The van der Waals surface area contributed by atoms with Crippen molar-refractivity contribution in [2.75, 3.05) is 0 Å². The predicted molar refractivity (Wildman–Crippen MR) is 58.2 cm³/mol. The summed E-state index contributed by atoms with van der Waals surface area (Å²) in [6.45, 7) is 0. The molecule has 2 aromatic heterocycles. The second-order valence-corrected chi connectivity index (χ2v) is 4.28. The SMILES string of the molecule is Clc1cc(Sc2cnccn2)c(Cl)nn1. The molecule has 0 saturated heterocycles. The van der Waals surface area contributed by atoms with Gasteiger partial charge in [0.15, 0.2) is 10.3 Å². The molecule has 0 radical (unpaired) electrons. The Morgan fingerprint density at radius 1 is 1.13 bits per heavy atom. The van der Waals surface area contributed by atoms with Crippen LogP contribution in [0.25, 0.3) is 0 Å². The standard InChI is InChI=1S/C8H4Cl2N4S/c9-6-3-5(8(10)14-13-6)15-7-4-11-1-2-12-7/h1-4H. The van der Waals surface area contributed by atoms with Crippen molar-refractivity contribution in [2.45, 2.75) is 9.92 Å². The van der Waals surface area contributed by atoms with Gasteiger partial charge < -0.3 is 0 Å². The number of rotatable bonds is 2. The van der Waals surface area contributed by atoms with E-state index >= 15 is 0 Å². The van der Waals surface area contributed by atoms with Crippen LogP contribution >= 0.6 is 35.0 Å². The molecule has 7 heteroatoms. The molecule has 0 aliphatic heterocycles. The maximum absolute atomic E-state index is 5.84. The summed E-state index contributed by atoms with van der Waals surface area (Å²) in [5, 5.41) is 8.63. The molecule has 76 valence electrons. The van der Waals surface area contributed by atoms with Crippen molar-refractivity contribution in [3.05, 3.63) is 35.0 Å². The lowest BCUT2D eigenvalue weighted by atomic mass is 10.6. The van der Waals surface area contributed by atoms with Crippen LogP contribution in [0.15, 0.2) is 34.6 Å². The minimum Gasteiger partial charge on any atom is -0.260 e. The molecule has 15 heavy (non-hydrogen) atoms. The Labute approximate surface area is 100 Å². The van der Waals surface area contributed by atoms with Gasteiger partial charge >= 0.3 is 0 Å². The van der Waals surface area contributed by atoms with Crippen LogP contribution in [0.4, 0.5) is 0 Å². The zero-order valence-corrected chi connectivity index (χ0v) is 9.59. The number of hydrogen-bond donors (Lipinski definition) is 0. The Balaban J connectivity index is 2.28. The van der Waals surface area contributed by atoms with Crippen LogP contribution in [-0.2, 0) is 0 Å². The van der Waals surface area contributed by atoms with E-state index in [4.69, 9.17) is 23.2 Å². The van der Waals surface area contributed by atoms with Crippen molar-refractivity contribution >= 4 is 35.0 Å². The summed E-state index contributed by atoms with van der Waals surface area (Å²) in [7, 11) is 0. The van der Waals surface area contributed by atoms with Gasteiger partial charge in [0.05, 0.1) is 11.1 Å². The van der Waals surface area contributed by atoms with Crippen LogP contribution in [0.3, 0.4) is 0 Å². The maximum atomic E-state index is 5.84. The van der Waals surface area contributed by atoms with Crippen molar-refractivity contribution < 1.29 is 0 Å². The van der Waals surface area contributed by atoms with Crippen molar-refractivity contribution in [1.29, 1.82) is 0 Å². The van der Waals surface area contributed by atoms with Crippen LogP contribution in [0, 0.1) is 0 Å². The third kappa shape index (κ3) is 2.77. The van der Waals surface area contributed by atoms with Crippen molar-refractivity contribution in [2.24, 2.45) is 0 Å². The van der Waals surface area contributed by atoms with E-state index in [-0.39, 0.29) is 0 Å². The number of nitrogens with zero attached hydrogens (tertiary/aromatic N) is 4. The summed E-state index contributed by atoms with van der Waals surface area (Å²) in [4.78, 5) is 8.74. The summed E-state index contributed by atoms with van der Waals surface area (Å²) in [5.41, 5.74) is 0. The minimum atomic E-state index is 0.297. The fraction of sp³-hybridized carbons (Fsp3) is 0. The predicted octanol–water partition coefficient (Wildman–Crippen LogP) is 2.72. The summed E-state index contributed by atoms with van der Waals surface area (Å²) in [6, 6.07) is 1.64. The van der Waals surface area contributed by atoms with Gasteiger partial charge in [0.1, 0.15) is 5.03 Å². The van der Waals surface area contributed by atoms with Gasteiger partial charge in [-0.05, 0) is 6.07 Å². The molecular formula is C8H4Cl2N4S. The highest BCUT2D eigenvalue weighted by atomic mass is 35.5. The first-order valence-corrected chi connectivity index (χ1v) is 5.45. The molecule has 0 unspecified atom stereocenters. The highest BCUT2D eigenvalue weighted by molar-refractivity contribution is 7.99. The topological polar surface area (TPSA) is 51.6 Å². The van der Waals surface area contributed by atoms with Gasteiger partial charge in [0.2, 0.25) is 0 Å². The normalized spacial score (nSPS) is 10.3. The molecule has 2 rings (SSSR count). The van der Waals surface area contributed by atoms with E-state index in [0.29, 0.717) is 15.2 Å². The average Bonchev–Trinajstić information content (AvgIpc) is 2.25. The summed E-state index contributed by atoms with van der Waals surface area (Å²) in [5.74, 6) is 0. The lowest BCUT2D eigenvalue weighted by molar-refractivity contribution is 0.993. The zero-order chi connectivity index (χ0) is 10.7. The van der Waals surface area contributed by atoms with Crippen molar-refractivity contribution in [1.82, 2.24) is 20.2 Å². The van der Waals surface area contributed by atoms with Gasteiger partial charge in [-0.15, -0.1) is 10.2 Å². The van der Waals surface area contributed by atoms with Gasteiger partial charge in [0, 0.05) is 12.4 Å². The maximum Gasteiger partial charge on any atom is 0.165 e. The van der Waals surface area contributed by atoms with Crippen LogP contribution in [-0.4, -0.2) is 20.2 Å². The minimum absolute atomic E-state index is 0.297. The third-order valence-electron chi connectivity index (χ3n) is 1.44. The molecule has 0 atom stereocenters. The monoisotopic (exact) mass is 258 g/mol. The van der Waals surface area contributed by atoms with E-state index in [1.54, 1.807) is 24.7 Å². The van der Waals surface area contributed by atoms with Gasteiger partial charge in [-0.1, -0.05) is 35.0 Å². The first-order chi connectivity index (χ1) is 7.25. The molecule has 0 saturated carbocycles. The van der Waals surface area contributed by atoms with Crippen LogP contribution in [0.5, 0.6) is 0 Å². The van der Waals surface area contributed by atoms with E-state index in [2.05, 4.69) is 20.2 Å². The molecule has 0 fully saturated rings. The molecule has 0 bridgehead atoms. The lowest BCUT2D eigenvalue weighted by Crippen LogP contribution is -1.87. The van der Waals surface area contributed by atoms with Gasteiger partial charge in [-0.3, -0.25) is 4.98 Å². The molecule has 4 nitrogen and oxygen atoms in total. The number of halogens is 2. The van der Waals surface area contributed by atoms with Crippen LogP contribution in [0.2, 0.25) is 10.3 Å². The number of aromatic nitrogens is 4. The Morgan fingerprint density at radius 3 is 2.73 bits per heavy atom. The van der Waals surface area contributed by atoms with Gasteiger partial charge in [0.25, 0.3) is 0 Å². The third-order valence-corrected chi connectivity index (χ3v) is 2.97. The molecule has 0 aliphatic rings. The highest BCUT2D eigenvalue weighted by Crippen LogP contribution is 2.31. The first-order valence-electron chi connectivity index (χ1n) is 3.88. The molecule has 0 spiro atoms. The van der Waals surface area contributed by atoms with E-state index in [1.165, 1.54) is 11.8 Å². The molecule has 0 N–H and O–H groups in total. The lowest BCUT2D eigenvalue weighted by Gasteiger charge is -2.01. The van der Waals surface area contributed by atoms with E-state index in [9.17, 15) is 0 Å². The van der Waals surface area contributed by atoms with E-state index in [0.717, 1.165) is 5.03 Å². The van der Waals surface area contributed by atoms with Gasteiger partial charge in [-0.2, -0.15) is 0 Å². The van der Waals surface area contributed by atoms with Crippen LogP contribution in [0.1, 0.15) is 0 Å². The fourth-order valence-corrected chi connectivity index (χ4v) is 2.03. The quantitative estimate of drug-likeness (QED) is 0.829. The Hall–Kier alpha value is -0.910. The van der Waals surface area contributed by atoms with Crippen molar-refractivity contribution in [3.63, 3.8) is 0 Å². The summed E-state index contributed by atoms with van der Waals surface area (Å²) >= 11 is 12.9. The second-order valence-electron chi connectivity index (χ2n) is 2.47. The molecule has 0 amide bonds. The molecule has 0 aromatic carbocycles. The zero-order valence-electron chi connectivity index (χ0n) is 7.26.